The molecule has 1 aliphatic rings. The van der Waals surface area contributed by atoms with E-state index in [0.717, 1.165) is 29.7 Å². The van der Waals surface area contributed by atoms with Gasteiger partial charge in [-0.15, -0.1) is 0 Å². The summed E-state index contributed by atoms with van der Waals surface area (Å²) in [5.41, 5.74) is 1.59. The fourth-order valence-corrected chi connectivity index (χ4v) is 3.24. The average molecular weight is 302 g/mol. The molecule has 0 bridgehead atoms. The zero-order chi connectivity index (χ0) is 14.9. The molecule has 0 amide bonds. The summed E-state index contributed by atoms with van der Waals surface area (Å²) >= 11 is 6.00. The van der Waals surface area contributed by atoms with Gasteiger partial charge in [0.1, 0.15) is 0 Å². The van der Waals surface area contributed by atoms with Gasteiger partial charge in [-0.05, 0) is 48.6 Å². The molecular formula is C17H16ClNO2. The largest absolute Gasteiger partial charge is 0.479 e. The van der Waals surface area contributed by atoms with E-state index in [4.69, 9.17) is 11.6 Å². The third-order valence-corrected chi connectivity index (χ3v) is 4.26. The molecule has 1 atom stereocenters. The van der Waals surface area contributed by atoms with Crippen LogP contribution in [0.1, 0.15) is 24.0 Å². The zero-order valence-electron chi connectivity index (χ0n) is 11.5. The molecule has 0 spiro atoms. The summed E-state index contributed by atoms with van der Waals surface area (Å²) in [4.78, 5) is 12.0. The minimum atomic E-state index is -1.08. The van der Waals surface area contributed by atoms with Crippen LogP contribution in [0, 0.1) is 0 Å². The fraction of sp³-hybridized carbons (Fsp3) is 0.235. The lowest BCUT2D eigenvalue weighted by Gasteiger charge is -2.37. The van der Waals surface area contributed by atoms with Gasteiger partial charge in [-0.1, -0.05) is 41.9 Å². The highest BCUT2D eigenvalue weighted by molar-refractivity contribution is 6.30. The summed E-state index contributed by atoms with van der Waals surface area (Å²) in [6.07, 6.45) is 2.32. The zero-order valence-corrected chi connectivity index (χ0v) is 12.2. The molecule has 2 aromatic rings. The van der Waals surface area contributed by atoms with Crippen molar-refractivity contribution >= 4 is 23.3 Å². The minimum absolute atomic E-state index is 0.561. The van der Waals surface area contributed by atoms with E-state index in [1.807, 2.05) is 36.4 Å². The SMILES string of the molecule is O=C(O)C1(Nc2cccc(Cl)c2)CCCc2ccccc21. The van der Waals surface area contributed by atoms with E-state index in [2.05, 4.69) is 5.32 Å². The number of carboxylic acid groups (broad SMARTS) is 1. The van der Waals surface area contributed by atoms with E-state index >= 15 is 0 Å². The second kappa shape index (κ2) is 5.41. The number of aliphatic carboxylic acids is 1. The Bertz CT molecular complexity index is 686. The van der Waals surface area contributed by atoms with Crippen molar-refractivity contribution in [1.82, 2.24) is 0 Å². The maximum Gasteiger partial charge on any atom is 0.334 e. The van der Waals surface area contributed by atoms with E-state index in [9.17, 15) is 9.90 Å². The number of halogens is 1. The molecule has 4 heteroatoms. The third-order valence-electron chi connectivity index (χ3n) is 4.02. The lowest BCUT2D eigenvalue weighted by atomic mass is 9.76. The van der Waals surface area contributed by atoms with Crippen LogP contribution in [-0.2, 0) is 16.8 Å². The van der Waals surface area contributed by atoms with Crippen molar-refractivity contribution in [3.8, 4) is 0 Å². The summed E-state index contributed by atoms with van der Waals surface area (Å²) in [5.74, 6) is -0.852. The number of hydrogen-bond donors (Lipinski definition) is 2. The summed E-state index contributed by atoms with van der Waals surface area (Å²) in [7, 11) is 0. The number of rotatable bonds is 3. The Labute approximate surface area is 128 Å². The number of carbonyl (C=O) groups is 1. The Balaban J connectivity index is 2.08. The van der Waals surface area contributed by atoms with Crippen LogP contribution in [-0.4, -0.2) is 11.1 Å². The molecule has 0 aromatic heterocycles. The molecule has 1 unspecified atom stereocenters. The van der Waals surface area contributed by atoms with Gasteiger partial charge in [0.25, 0.3) is 0 Å². The van der Waals surface area contributed by atoms with Crippen molar-refractivity contribution < 1.29 is 9.90 Å². The molecule has 3 nitrogen and oxygen atoms in total. The quantitative estimate of drug-likeness (QED) is 0.898. The monoisotopic (exact) mass is 301 g/mol. The molecule has 1 aliphatic carbocycles. The van der Waals surface area contributed by atoms with E-state index in [0.29, 0.717) is 11.4 Å². The molecule has 3 rings (SSSR count). The Hall–Kier alpha value is -2.00. The van der Waals surface area contributed by atoms with Gasteiger partial charge in [-0.2, -0.15) is 0 Å². The molecule has 0 radical (unpaired) electrons. The van der Waals surface area contributed by atoms with Crippen LogP contribution in [0.3, 0.4) is 0 Å². The van der Waals surface area contributed by atoms with E-state index in [1.54, 1.807) is 12.1 Å². The molecule has 2 aromatic carbocycles. The smallest absolute Gasteiger partial charge is 0.334 e. The summed E-state index contributed by atoms with van der Waals surface area (Å²) in [5, 5.41) is 13.7. The van der Waals surface area contributed by atoms with Gasteiger partial charge in [0.05, 0.1) is 0 Å². The molecule has 0 saturated heterocycles. The number of nitrogens with one attached hydrogen (secondary N) is 1. The van der Waals surface area contributed by atoms with Crippen LogP contribution in [0.25, 0.3) is 0 Å². The van der Waals surface area contributed by atoms with Gasteiger partial charge in [-0.3, -0.25) is 0 Å². The highest BCUT2D eigenvalue weighted by Crippen LogP contribution is 2.38. The molecule has 2 N–H and O–H groups in total. The molecule has 21 heavy (non-hydrogen) atoms. The number of aryl methyl sites for hydroxylation is 1. The van der Waals surface area contributed by atoms with Crippen molar-refractivity contribution in [1.29, 1.82) is 0 Å². The average Bonchev–Trinajstić information content (AvgIpc) is 2.47. The Morgan fingerprint density at radius 2 is 2.00 bits per heavy atom. The highest BCUT2D eigenvalue weighted by atomic mass is 35.5. The Morgan fingerprint density at radius 1 is 1.19 bits per heavy atom. The first kappa shape index (κ1) is 14.0. The summed E-state index contributed by atoms with van der Waals surface area (Å²) in [6.45, 7) is 0. The van der Waals surface area contributed by atoms with E-state index in [-0.39, 0.29) is 0 Å². The number of carboxylic acids is 1. The summed E-state index contributed by atoms with van der Waals surface area (Å²) < 4.78 is 0. The topological polar surface area (TPSA) is 49.3 Å². The van der Waals surface area contributed by atoms with Crippen LogP contribution in [0.4, 0.5) is 5.69 Å². The van der Waals surface area contributed by atoms with Crippen molar-refractivity contribution in [2.45, 2.75) is 24.8 Å². The van der Waals surface area contributed by atoms with Crippen molar-refractivity contribution in [2.24, 2.45) is 0 Å². The second-order valence-electron chi connectivity index (χ2n) is 5.36. The minimum Gasteiger partial charge on any atom is -0.479 e. The van der Waals surface area contributed by atoms with Gasteiger partial charge >= 0.3 is 5.97 Å². The lowest BCUT2D eigenvalue weighted by Crippen LogP contribution is -2.46. The van der Waals surface area contributed by atoms with Gasteiger partial charge in [0, 0.05) is 10.7 Å². The first-order chi connectivity index (χ1) is 10.1. The molecule has 0 heterocycles. The molecular weight excluding hydrogens is 286 g/mol. The predicted octanol–water partition coefficient (Wildman–Crippen LogP) is 4.07. The number of benzene rings is 2. The molecule has 108 valence electrons. The van der Waals surface area contributed by atoms with E-state index < -0.39 is 11.5 Å². The maximum atomic E-state index is 12.0. The van der Waals surface area contributed by atoms with Crippen LogP contribution >= 0.6 is 11.6 Å². The normalized spacial score (nSPS) is 20.6. The van der Waals surface area contributed by atoms with Crippen molar-refractivity contribution in [3.05, 3.63) is 64.7 Å². The standard InChI is InChI=1S/C17H16ClNO2/c18-13-7-3-8-14(11-13)19-17(16(20)21)10-4-6-12-5-1-2-9-15(12)17/h1-3,5,7-9,11,19H,4,6,10H2,(H,20,21). The first-order valence-corrected chi connectivity index (χ1v) is 7.35. The van der Waals surface area contributed by atoms with Gasteiger partial charge in [0.15, 0.2) is 5.54 Å². The number of hydrogen-bond acceptors (Lipinski definition) is 2. The molecule has 0 saturated carbocycles. The van der Waals surface area contributed by atoms with Crippen molar-refractivity contribution in [2.75, 3.05) is 5.32 Å². The van der Waals surface area contributed by atoms with Crippen LogP contribution in [0.15, 0.2) is 48.5 Å². The lowest BCUT2D eigenvalue weighted by molar-refractivity contribution is -0.143. The first-order valence-electron chi connectivity index (χ1n) is 6.97. The van der Waals surface area contributed by atoms with Crippen LogP contribution in [0.2, 0.25) is 5.02 Å². The van der Waals surface area contributed by atoms with Crippen LogP contribution < -0.4 is 5.32 Å². The molecule has 0 fully saturated rings. The Morgan fingerprint density at radius 3 is 2.76 bits per heavy atom. The fourth-order valence-electron chi connectivity index (χ4n) is 3.05. The van der Waals surface area contributed by atoms with Gasteiger partial charge < -0.3 is 10.4 Å². The number of anilines is 1. The Kier molecular flexibility index (Phi) is 3.60. The number of fused-ring (bicyclic) bond motifs is 1. The maximum absolute atomic E-state index is 12.0. The predicted molar refractivity (Wildman–Crippen MR) is 83.8 cm³/mol. The highest BCUT2D eigenvalue weighted by Gasteiger charge is 2.43. The van der Waals surface area contributed by atoms with Gasteiger partial charge in [0.2, 0.25) is 0 Å². The second-order valence-corrected chi connectivity index (χ2v) is 5.79. The van der Waals surface area contributed by atoms with E-state index in [1.165, 1.54) is 0 Å². The van der Waals surface area contributed by atoms with Gasteiger partial charge in [-0.25, -0.2) is 4.79 Å². The molecule has 0 aliphatic heterocycles. The third kappa shape index (κ3) is 2.49. The summed E-state index contributed by atoms with van der Waals surface area (Å²) in [6, 6.07) is 14.9. The van der Waals surface area contributed by atoms with Crippen LogP contribution in [0.5, 0.6) is 0 Å². The van der Waals surface area contributed by atoms with Crippen molar-refractivity contribution in [3.63, 3.8) is 0 Å².